The van der Waals surface area contributed by atoms with Gasteiger partial charge < -0.3 is 0 Å². The monoisotopic (exact) mass is 567 g/mol. The van der Waals surface area contributed by atoms with Gasteiger partial charge in [-0.2, -0.15) is 0 Å². The molecule has 8 rings (SSSR count). The fourth-order valence-corrected chi connectivity index (χ4v) is 6.89. The van der Waals surface area contributed by atoms with Gasteiger partial charge in [-0.1, -0.05) is 133 Å². The molecule has 0 saturated heterocycles. The molecule has 2 aromatic heterocycles. The Kier molecular flexibility index (Phi) is 6.32. The Labute approximate surface area is 253 Å². The van der Waals surface area contributed by atoms with Gasteiger partial charge in [-0.25, -0.2) is 15.0 Å². The van der Waals surface area contributed by atoms with Gasteiger partial charge in [-0.05, 0) is 40.5 Å². The van der Waals surface area contributed by atoms with Crippen molar-refractivity contribution in [3.05, 3.63) is 152 Å². The molecule has 0 amide bonds. The third-order valence-corrected chi connectivity index (χ3v) is 8.86. The molecule has 0 fully saturated rings. The van der Waals surface area contributed by atoms with Crippen molar-refractivity contribution in [3.63, 3.8) is 0 Å². The Morgan fingerprint density at radius 1 is 0.349 bits per heavy atom. The van der Waals surface area contributed by atoms with E-state index in [4.69, 9.17) is 15.0 Å². The molecular weight excluding hydrogens is 543 g/mol. The standard InChI is InChI=1S/C39H25N3S/c1-4-14-26(15-5-1)30-20-10-11-21-31(30)29-24-33(36-32-22-12-13-23-34(32)43-35(36)25-29)39-41-37(27-16-6-2-7-17-27)40-38(42-39)28-18-8-3-9-19-28/h1-25H. The predicted molar refractivity (Wildman–Crippen MR) is 180 cm³/mol. The molecule has 4 heteroatoms. The van der Waals surface area contributed by atoms with E-state index in [1.54, 1.807) is 0 Å². The van der Waals surface area contributed by atoms with Crippen LogP contribution in [-0.2, 0) is 0 Å². The average molecular weight is 568 g/mol. The van der Waals surface area contributed by atoms with E-state index >= 15 is 0 Å². The molecule has 43 heavy (non-hydrogen) atoms. The van der Waals surface area contributed by atoms with Gasteiger partial charge in [-0.15, -0.1) is 11.3 Å². The van der Waals surface area contributed by atoms with Crippen LogP contribution in [0, 0.1) is 0 Å². The Bertz CT molecular complexity index is 2170. The molecule has 0 saturated carbocycles. The van der Waals surface area contributed by atoms with Gasteiger partial charge >= 0.3 is 0 Å². The molecule has 8 aromatic rings. The second kappa shape index (κ2) is 10.8. The van der Waals surface area contributed by atoms with Crippen LogP contribution < -0.4 is 0 Å². The van der Waals surface area contributed by atoms with Crippen LogP contribution in [0.3, 0.4) is 0 Å². The fraction of sp³-hybridized carbons (Fsp3) is 0. The van der Waals surface area contributed by atoms with E-state index in [-0.39, 0.29) is 0 Å². The molecule has 3 nitrogen and oxygen atoms in total. The number of hydrogen-bond acceptors (Lipinski definition) is 4. The lowest BCUT2D eigenvalue weighted by Crippen LogP contribution is -2.00. The number of nitrogens with zero attached hydrogens (tertiary/aromatic N) is 3. The zero-order valence-electron chi connectivity index (χ0n) is 23.2. The van der Waals surface area contributed by atoms with E-state index in [1.807, 2.05) is 47.7 Å². The molecular formula is C39H25N3S. The first kappa shape index (κ1) is 25.3. The summed E-state index contributed by atoms with van der Waals surface area (Å²) in [6, 6.07) is 52.7. The highest BCUT2D eigenvalue weighted by atomic mass is 32.1. The smallest absolute Gasteiger partial charge is 0.164 e. The number of benzene rings is 6. The zero-order chi connectivity index (χ0) is 28.6. The minimum Gasteiger partial charge on any atom is -0.208 e. The molecule has 0 unspecified atom stereocenters. The van der Waals surface area contributed by atoms with E-state index in [0.29, 0.717) is 17.5 Å². The van der Waals surface area contributed by atoms with Crippen molar-refractivity contribution in [2.45, 2.75) is 0 Å². The molecule has 6 aromatic carbocycles. The fourth-order valence-electron chi connectivity index (χ4n) is 5.72. The molecule has 0 bridgehead atoms. The summed E-state index contributed by atoms with van der Waals surface area (Å²) < 4.78 is 2.45. The lowest BCUT2D eigenvalue weighted by Gasteiger charge is -2.14. The van der Waals surface area contributed by atoms with Gasteiger partial charge in [0.15, 0.2) is 17.5 Å². The third-order valence-electron chi connectivity index (χ3n) is 7.74. The SMILES string of the molecule is c1ccc(-c2nc(-c3ccccc3)nc(-c3cc(-c4ccccc4-c4ccccc4)cc4sc5ccccc5c34)n2)cc1. The first-order chi connectivity index (χ1) is 21.3. The van der Waals surface area contributed by atoms with E-state index in [1.165, 1.54) is 36.9 Å². The minimum atomic E-state index is 0.659. The Morgan fingerprint density at radius 2 is 0.837 bits per heavy atom. The van der Waals surface area contributed by atoms with Gasteiger partial charge in [0.1, 0.15) is 0 Å². The predicted octanol–water partition coefficient (Wildman–Crippen LogP) is 10.6. The Morgan fingerprint density at radius 3 is 1.47 bits per heavy atom. The summed E-state index contributed by atoms with van der Waals surface area (Å²) in [5, 5.41) is 2.38. The largest absolute Gasteiger partial charge is 0.208 e. The molecule has 202 valence electrons. The van der Waals surface area contributed by atoms with Crippen molar-refractivity contribution in [2.24, 2.45) is 0 Å². The number of fused-ring (bicyclic) bond motifs is 3. The normalized spacial score (nSPS) is 11.3. The molecule has 0 radical (unpaired) electrons. The summed E-state index contributed by atoms with van der Waals surface area (Å²) in [4.78, 5) is 15.2. The topological polar surface area (TPSA) is 38.7 Å². The molecule has 0 aliphatic carbocycles. The molecule has 0 N–H and O–H groups in total. The first-order valence-electron chi connectivity index (χ1n) is 14.3. The van der Waals surface area contributed by atoms with Gasteiger partial charge in [0, 0.05) is 36.9 Å². The van der Waals surface area contributed by atoms with Crippen LogP contribution in [-0.4, -0.2) is 15.0 Å². The van der Waals surface area contributed by atoms with Crippen molar-refractivity contribution in [2.75, 3.05) is 0 Å². The van der Waals surface area contributed by atoms with Crippen molar-refractivity contribution in [3.8, 4) is 56.4 Å². The van der Waals surface area contributed by atoms with Crippen LogP contribution in [0.4, 0.5) is 0 Å². The second-order valence-electron chi connectivity index (χ2n) is 10.4. The Balaban J connectivity index is 1.44. The van der Waals surface area contributed by atoms with Crippen LogP contribution in [0.25, 0.3) is 76.6 Å². The summed E-state index contributed by atoms with van der Waals surface area (Å²) in [6.07, 6.45) is 0. The molecule has 0 aliphatic rings. The zero-order valence-corrected chi connectivity index (χ0v) is 24.0. The van der Waals surface area contributed by atoms with Crippen LogP contribution in [0.2, 0.25) is 0 Å². The maximum atomic E-state index is 5.13. The maximum Gasteiger partial charge on any atom is 0.164 e. The highest BCUT2D eigenvalue weighted by Gasteiger charge is 2.19. The average Bonchev–Trinajstić information content (AvgIpc) is 3.47. The minimum absolute atomic E-state index is 0.659. The summed E-state index contributed by atoms with van der Waals surface area (Å²) in [5.41, 5.74) is 7.62. The number of rotatable bonds is 5. The number of hydrogen-bond donors (Lipinski definition) is 0. The van der Waals surface area contributed by atoms with E-state index in [9.17, 15) is 0 Å². The van der Waals surface area contributed by atoms with Gasteiger partial charge in [0.2, 0.25) is 0 Å². The summed E-state index contributed by atoms with van der Waals surface area (Å²) >= 11 is 1.81. The van der Waals surface area contributed by atoms with E-state index < -0.39 is 0 Å². The highest BCUT2D eigenvalue weighted by Crippen LogP contribution is 2.44. The van der Waals surface area contributed by atoms with Crippen LogP contribution in [0.15, 0.2) is 152 Å². The maximum absolute atomic E-state index is 5.13. The van der Waals surface area contributed by atoms with Crippen LogP contribution >= 0.6 is 11.3 Å². The quantitative estimate of drug-likeness (QED) is 0.208. The van der Waals surface area contributed by atoms with Crippen molar-refractivity contribution in [1.29, 1.82) is 0 Å². The van der Waals surface area contributed by atoms with Crippen molar-refractivity contribution >= 4 is 31.5 Å². The molecule has 0 aliphatic heterocycles. The van der Waals surface area contributed by atoms with Crippen molar-refractivity contribution in [1.82, 2.24) is 15.0 Å². The second-order valence-corrected chi connectivity index (χ2v) is 11.5. The van der Waals surface area contributed by atoms with Gasteiger partial charge in [-0.3, -0.25) is 0 Å². The highest BCUT2D eigenvalue weighted by molar-refractivity contribution is 7.26. The van der Waals surface area contributed by atoms with E-state index in [2.05, 4.69) is 115 Å². The summed E-state index contributed by atoms with van der Waals surface area (Å²) in [5.74, 6) is 1.99. The molecule has 2 heterocycles. The van der Waals surface area contributed by atoms with Crippen LogP contribution in [0.5, 0.6) is 0 Å². The first-order valence-corrected chi connectivity index (χ1v) is 15.1. The van der Waals surface area contributed by atoms with Crippen molar-refractivity contribution < 1.29 is 0 Å². The Hall–Kier alpha value is -5.45. The lowest BCUT2D eigenvalue weighted by molar-refractivity contribution is 1.08. The number of thiophene rings is 1. The summed E-state index contributed by atoms with van der Waals surface area (Å²) in [6.45, 7) is 0. The third kappa shape index (κ3) is 4.68. The summed E-state index contributed by atoms with van der Waals surface area (Å²) in [7, 11) is 0. The lowest BCUT2D eigenvalue weighted by atomic mass is 9.92. The number of aromatic nitrogens is 3. The molecule has 0 atom stereocenters. The van der Waals surface area contributed by atoms with Gasteiger partial charge in [0.05, 0.1) is 0 Å². The van der Waals surface area contributed by atoms with E-state index in [0.717, 1.165) is 22.3 Å². The van der Waals surface area contributed by atoms with Crippen LogP contribution in [0.1, 0.15) is 0 Å². The van der Waals surface area contributed by atoms with Gasteiger partial charge in [0.25, 0.3) is 0 Å². The molecule has 0 spiro atoms.